The number of carbonyl (C=O) groups excluding carboxylic acids is 1. The minimum absolute atomic E-state index is 0.178. The molecule has 15 heteroatoms. The van der Waals surface area contributed by atoms with E-state index in [1.54, 1.807) is 0 Å². The van der Waals surface area contributed by atoms with Crippen LogP contribution < -0.4 is 4.18 Å². The van der Waals surface area contributed by atoms with Gasteiger partial charge >= 0.3 is 33.9 Å². The van der Waals surface area contributed by atoms with Gasteiger partial charge in [-0.05, 0) is 24.5 Å². The van der Waals surface area contributed by atoms with Gasteiger partial charge in [-0.1, -0.05) is 6.07 Å². The fourth-order valence-electron chi connectivity index (χ4n) is 2.65. The number of hydrogen-bond acceptors (Lipinski definition) is 4. The van der Waals surface area contributed by atoms with Crippen molar-refractivity contribution in [1.29, 1.82) is 0 Å². The standard InChI is InChI=1S/C14H10F9NO4S/c15-12(16,17)9-2-1-7-3-5-24(11(25)13(18,19)20)6-4-8(7)10(9)28-29(26,27)14(21,22)23/h1-2H,3-6H2. The number of hydrogen-bond donors (Lipinski definition) is 0. The van der Waals surface area contributed by atoms with Crippen LogP contribution >= 0.6 is 0 Å². The predicted molar refractivity (Wildman–Crippen MR) is 77.1 cm³/mol. The molecular weight excluding hydrogens is 449 g/mol. The van der Waals surface area contributed by atoms with Crippen molar-refractivity contribution >= 4 is 16.0 Å². The molecule has 1 aliphatic rings. The van der Waals surface area contributed by atoms with Gasteiger partial charge in [0.1, 0.15) is 0 Å². The van der Waals surface area contributed by atoms with Crippen LogP contribution in [0.15, 0.2) is 12.1 Å². The molecule has 0 bridgehead atoms. The van der Waals surface area contributed by atoms with Crippen molar-refractivity contribution < 1.29 is 56.9 Å². The molecule has 0 fully saturated rings. The Bertz CT molecular complexity index is 903. The van der Waals surface area contributed by atoms with Crippen molar-refractivity contribution in [2.75, 3.05) is 13.1 Å². The molecule has 1 aliphatic heterocycles. The van der Waals surface area contributed by atoms with Gasteiger partial charge in [0, 0.05) is 18.7 Å². The summed E-state index contributed by atoms with van der Waals surface area (Å²) in [5.74, 6) is -3.96. The second kappa shape index (κ2) is 7.25. The zero-order valence-corrected chi connectivity index (χ0v) is 14.7. The third-order valence-corrected chi connectivity index (χ3v) is 4.90. The van der Waals surface area contributed by atoms with Crippen molar-refractivity contribution in [3.63, 3.8) is 0 Å². The number of carbonyl (C=O) groups is 1. The van der Waals surface area contributed by atoms with Gasteiger partial charge in [-0.25, -0.2) is 0 Å². The maximum Gasteiger partial charge on any atom is 0.534 e. The number of rotatable bonds is 2. The highest BCUT2D eigenvalue weighted by Crippen LogP contribution is 2.42. The zero-order valence-electron chi connectivity index (χ0n) is 13.9. The molecular formula is C14H10F9NO4S. The molecule has 0 unspecified atom stereocenters. The lowest BCUT2D eigenvalue weighted by atomic mass is 9.98. The third-order valence-electron chi connectivity index (χ3n) is 3.95. The fraction of sp³-hybridized carbons (Fsp3) is 0.500. The van der Waals surface area contributed by atoms with E-state index in [0.29, 0.717) is 0 Å². The van der Waals surface area contributed by atoms with E-state index in [1.807, 2.05) is 0 Å². The molecule has 1 heterocycles. The van der Waals surface area contributed by atoms with Crippen molar-refractivity contribution in [3.8, 4) is 5.75 Å². The Morgan fingerprint density at radius 1 is 0.931 bits per heavy atom. The van der Waals surface area contributed by atoms with Crippen molar-refractivity contribution in [2.24, 2.45) is 0 Å². The lowest BCUT2D eigenvalue weighted by Gasteiger charge is -2.21. The zero-order chi connectivity index (χ0) is 22.4. The van der Waals surface area contributed by atoms with Gasteiger partial charge in [0.2, 0.25) is 0 Å². The normalized spacial score (nSPS) is 16.2. The van der Waals surface area contributed by atoms with Gasteiger partial charge < -0.3 is 9.08 Å². The molecule has 0 saturated carbocycles. The van der Waals surface area contributed by atoms with Gasteiger partial charge in [-0.15, -0.1) is 0 Å². The minimum Gasteiger partial charge on any atom is -0.375 e. The maximum atomic E-state index is 13.2. The Kier molecular flexibility index (Phi) is 5.77. The fourth-order valence-corrected chi connectivity index (χ4v) is 3.15. The summed E-state index contributed by atoms with van der Waals surface area (Å²) in [7, 11) is -6.49. The van der Waals surface area contributed by atoms with Crippen molar-refractivity contribution in [3.05, 3.63) is 28.8 Å². The Morgan fingerprint density at radius 3 is 1.97 bits per heavy atom. The summed E-state index contributed by atoms with van der Waals surface area (Å²) in [4.78, 5) is 11.6. The molecule has 29 heavy (non-hydrogen) atoms. The molecule has 0 N–H and O–H groups in total. The smallest absolute Gasteiger partial charge is 0.375 e. The first-order valence-corrected chi connectivity index (χ1v) is 8.95. The average molecular weight is 459 g/mol. The monoisotopic (exact) mass is 459 g/mol. The van der Waals surface area contributed by atoms with Crippen molar-refractivity contribution in [1.82, 2.24) is 4.90 Å². The molecule has 1 aromatic carbocycles. The first-order chi connectivity index (χ1) is 12.9. The largest absolute Gasteiger partial charge is 0.534 e. The molecule has 1 amide bonds. The van der Waals surface area contributed by atoms with Crippen LogP contribution in [-0.2, 0) is 33.9 Å². The van der Waals surface area contributed by atoms with Gasteiger partial charge in [0.25, 0.3) is 0 Å². The number of nitrogens with zero attached hydrogens (tertiary/aromatic N) is 1. The van der Waals surface area contributed by atoms with Crippen LogP contribution in [0.3, 0.4) is 0 Å². The van der Waals surface area contributed by atoms with Crippen LogP contribution in [0.25, 0.3) is 0 Å². The molecule has 0 atom stereocenters. The van der Waals surface area contributed by atoms with E-state index in [-0.39, 0.29) is 16.5 Å². The Morgan fingerprint density at radius 2 is 1.48 bits per heavy atom. The van der Waals surface area contributed by atoms with Crippen LogP contribution in [-0.4, -0.2) is 44.0 Å². The SMILES string of the molecule is O=C(N1CCc2ccc(C(F)(F)F)c(OS(=O)(=O)C(F)(F)F)c2CC1)C(F)(F)F. The Hall–Kier alpha value is -2.19. The van der Waals surface area contributed by atoms with E-state index in [0.717, 1.165) is 6.07 Å². The van der Waals surface area contributed by atoms with E-state index in [9.17, 15) is 52.7 Å². The second-order valence-corrected chi connectivity index (χ2v) is 7.39. The average Bonchev–Trinajstić information content (AvgIpc) is 2.73. The summed E-state index contributed by atoms with van der Waals surface area (Å²) in [6.07, 6.45) is -11.8. The highest BCUT2D eigenvalue weighted by Gasteiger charge is 2.50. The molecule has 1 aromatic rings. The van der Waals surface area contributed by atoms with Gasteiger partial charge in [-0.2, -0.15) is 47.9 Å². The summed E-state index contributed by atoms with van der Waals surface area (Å²) in [6, 6.07) is 1.05. The molecule has 0 radical (unpaired) electrons. The Labute approximate surface area is 157 Å². The van der Waals surface area contributed by atoms with E-state index in [4.69, 9.17) is 0 Å². The number of benzene rings is 1. The summed E-state index contributed by atoms with van der Waals surface area (Å²) >= 11 is 0. The maximum absolute atomic E-state index is 13.2. The van der Waals surface area contributed by atoms with Crippen LogP contribution in [0, 0.1) is 0 Å². The first-order valence-electron chi connectivity index (χ1n) is 7.54. The summed E-state index contributed by atoms with van der Waals surface area (Å²) in [5.41, 5.74) is -8.74. The highest BCUT2D eigenvalue weighted by atomic mass is 32.2. The molecule has 0 aliphatic carbocycles. The predicted octanol–water partition coefficient (Wildman–Crippen LogP) is 3.42. The van der Waals surface area contributed by atoms with E-state index < -0.39 is 76.7 Å². The molecule has 2 rings (SSSR count). The summed E-state index contributed by atoms with van der Waals surface area (Å²) in [6.45, 7) is -1.41. The van der Waals surface area contributed by atoms with Crippen LogP contribution in [0.5, 0.6) is 5.75 Å². The number of halogens is 9. The summed E-state index contributed by atoms with van der Waals surface area (Å²) in [5, 5.41) is 0. The number of alkyl halides is 9. The van der Waals surface area contributed by atoms with Gasteiger partial charge in [0.05, 0.1) is 5.56 Å². The van der Waals surface area contributed by atoms with Crippen molar-refractivity contribution in [2.45, 2.75) is 30.7 Å². The quantitative estimate of drug-likeness (QED) is 0.387. The Balaban J connectivity index is 2.54. The van der Waals surface area contributed by atoms with Crippen LogP contribution in [0.2, 0.25) is 0 Å². The third kappa shape index (κ3) is 4.87. The molecule has 164 valence electrons. The van der Waals surface area contributed by atoms with E-state index >= 15 is 0 Å². The molecule has 5 nitrogen and oxygen atoms in total. The topological polar surface area (TPSA) is 63.7 Å². The molecule has 0 spiro atoms. The molecule has 0 saturated heterocycles. The lowest BCUT2D eigenvalue weighted by Crippen LogP contribution is -2.42. The summed E-state index contributed by atoms with van der Waals surface area (Å²) < 4.78 is 141. The first kappa shape index (κ1) is 23.1. The van der Waals surface area contributed by atoms with Gasteiger partial charge in [0.15, 0.2) is 5.75 Å². The highest BCUT2D eigenvalue weighted by molar-refractivity contribution is 7.88. The van der Waals surface area contributed by atoms with Crippen LogP contribution in [0.1, 0.15) is 16.7 Å². The lowest BCUT2D eigenvalue weighted by molar-refractivity contribution is -0.185. The number of amides is 1. The second-order valence-electron chi connectivity index (χ2n) is 5.85. The number of fused-ring (bicyclic) bond motifs is 1. The minimum atomic E-state index is -6.49. The van der Waals surface area contributed by atoms with Crippen LogP contribution in [0.4, 0.5) is 39.5 Å². The van der Waals surface area contributed by atoms with E-state index in [1.165, 1.54) is 0 Å². The molecule has 0 aromatic heterocycles. The van der Waals surface area contributed by atoms with Gasteiger partial charge in [-0.3, -0.25) is 4.79 Å². The van der Waals surface area contributed by atoms with E-state index in [2.05, 4.69) is 4.18 Å².